The van der Waals surface area contributed by atoms with Gasteiger partial charge >= 0.3 is 0 Å². The molecule has 0 radical (unpaired) electrons. The van der Waals surface area contributed by atoms with Crippen molar-refractivity contribution in [1.82, 2.24) is 4.90 Å². The summed E-state index contributed by atoms with van der Waals surface area (Å²) in [6, 6.07) is 15.4. The Morgan fingerprint density at radius 3 is 2.36 bits per heavy atom. The number of aliphatic hydroxyl groups is 1. The van der Waals surface area contributed by atoms with Gasteiger partial charge in [-0.3, -0.25) is 4.79 Å². The lowest BCUT2D eigenvalue weighted by Gasteiger charge is -2.33. The second kappa shape index (κ2) is 7.96. The predicted molar refractivity (Wildman–Crippen MR) is 94.0 cm³/mol. The fraction of sp³-hybridized carbons (Fsp3) is 0.286. The molecule has 1 amide bonds. The van der Waals surface area contributed by atoms with Crippen molar-refractivity contribution < 1.29 is 14.3 Å². The lowest BCUT2D eigenvalue weighted by atomic mass is 9.87. The van der Waals surface area contributed by atoms with Gasteiger partial charge in [0.2, 0.25) is 0 Å². The van der Waals surface area contributed by atoms with Crippen LogP contribution < -0.4 is 0 Å². The summed E-state index contributed by atoms with van der Waals surface area (Å²) in [6.45, 7) is 1.15. The number of benzene rings is 2. The van der Waals surface area contributed by atoms with Crippen LogP contribution in [-0.2, 0) is 4.79 Å². The summed E-state index contributed by atoms with van der Waals surface area (Å²) in [4.78, 5) is 13.9. The number of hydrogen-bond donors (Lipinski definition) is 1. The Hall–Kier alpha value is -2.64. The zero-order chi connectivity index (χ0) is 17.6. The zero-order valence-corrected chi connectivity index (χ0v) is 13.9. The monoisotopic (exact) mass is 337 g/mol. The van der Waals surface area contributed by atoms with Crippen molar-refractivity contribution in [3.05, 3.63) is 71.5 Å². The molecule has 0 aliphatic carbocycles. The van der Waals surface area contributed by atoms with E-state index < -0.39 is 6.10 Å². The van der Waals surface area contributed by atoms with Crippen molar-refractivity contribution in [1.29, 1.82) is 0 Å². The summed E-state index contributed by atoms with van der Waals surface area (Å²) >= 11 is 0. The first-order valence-electron chi connectivity index (χ1n) is 8.43. The van der Waals surface area contributed by atoms with Gasteiger partial charge in [-0.15, -0.1) is 0 Å². The summed E-state index contributed by atoms with van der Waals surface area (Å²) in [5.74, 6) is 5.14. The van der Waals surface area contributed by atoms with Crippen LogP contribution >= 0.6 is 0 Å². The summed E-state index contributed by atoms with van der Waals surface area (Å²) in [5, 5.41) is 10.5. The average Bonchev–Trinajstić information content (AvgIpc) is 2.67. The largest absolute Gasteiger partial charge is 0.388 e. The maximum absolute atomic E-state index is 13.0. The minimum Gasteiger partial charge on any atom is -0.388 e. The Morgan fingerprint density at radius 1 is 1.08 bits per heavy atom. The number of nitrogens with zero attached hydrogens (tertiary/aromatic N) is 1. The first-order chi connectivity index (χ1) is 12.1. The van der Waals surface area contributed by atoms with Gasteiger partial charge in [-0.1, -0.05) is 36.3 Å². The van der Waals surface area contributed by atoms with Gasteiger partial charge in [0.25, 0.3) is 5.91 Å². The second-order valence-electron chi connectivity index (χ2n) is 6.24. The van der Waals surface area contributed by atoms with Crippen LogP contribution in [0.3, 0.4) is 0 Å². The average molecular weight is 337 g/mol. The van der Waals surface area contributed by atoms with E-state index in [9.17, 15) is 14.3 Å². The van der Waals surface area contributed by atoms with Crippen LogP contribution in [0, 0.1) is 23.6 Å². The predicted octanol–water partition coefficient (Wildman–Crippen LogP) is 3.15. The molecule has 1 unspecified atom stereocenters. The molecule has 3 rings (SSSR count). The number of hydrogen-bond acceptors (Lipinski definition) is 2. The third-order valence-electron chi connectivity index (χ3n) is 4.57. The third-order valence-corrected chi connectivity index (χ3v) is 4.57. The van der Waals surface area contributed by atoms with Gasteiger partial charge < -0.3 is 10.0 Å². The number of rotatable bonds is 2. The van der Waals surface area contributed by atoms with Gasteiger partial charge in [0.15, 0.2) is 0 Å². The molecular weight excluding hydrogens is 317 g/mol. The Bertz CT molecular complexity index is 769. The first-order valence-corrected chi connectivity index (χ1v) is 8.43. The van der Waals surface area contributed by atoms with Crippen LogP contribution in [0.5, 0.6) is 0 Å². The molecule has 0 saturated carbocycles. The number of likely N-dealkylation sites (tertiary alicyclic amines) is 1. The smallest absolute Gasteiger partial charge is 0.298 e. The normalized spacial score (nSPS) is 16.0. The van der Waals surface area contributed by atoms with Crippen molar-refractivity contribution >= 4 is 5.91 Å². The molecule has 4 heteroatoms. The number of amides is 1. The van der Waals surface area contributed by atoms with Gasteiger partial charge in [-0.2, -0.15) is 0 Å². The minimum atomic E-state index is -0.631. The molecule has 0 aromatic heterocycles. The van der Waals surface area contributed by atoms with Crippen molar-refractivity contribution in [3.63, 3.8) is 0 Å². The Balaban J connectivity index is 1.55. The number of carbonyl (C=O) groups is 1. The first kappa shape index (κ1) is 17.2. The van der Waals surface area contributed by atoms with Gasteiger partial charge in [0.1, 0.15) is 5.82 Å². The molecule has 1 aliphatic rings. The number of aliphatic hydroxyl groups excluding tert-OH is 1. The van der Waals surface area contributed by atoms with Crippen molar-refractivity contribution in [2.45, 2.75) is 18.9 Å². The minimum absolute atomic E-state index is 0.0663. The lowest BCUT2D eigenvalue weighted by molar-refractivity contribution is -0.127. The molecular formula is C21H20FNO2. The quantitative estimate of drug-likeness (QED) is 0.855. The maximum Gasteiger partial charge on any atom is 0.298 e. The summed E-state index contributed by atoms with van der Waals surface area (Å²) in [6.07, 6.45) is 0.780. The van der Waals surface area contributed by atoms with E-state index >= 15 is 0 Å². The molecule has 25 heavy (non-hydrogen) atoms. The van der Waals surface area contributed by atoms with Crippen molar-refractivity contribution in [2.24, 2.45) is 5.92 Å². The topological polar surface area (TPSA) is 40.5 Å². The van der Waals surface area contributed by atoms with Crippen LogP contribution in [0.15, 0.2) is 54.6 Å². The van der Waals surface area contributed by atoms with Crippen LogP contribution in [-0.4, -0.2) is 29.0 Å². The number of piperidine rings is 1. The third kappa shape index (κ3) is 4.46. The van der Waals surface area contributed by atoms with Gasteiger partial charge in [-0.05, 0) is 48.6 Å². The summed E-state index contributed by atoms with van der Waals surface area (Å²) in [7, 11) is 0. The maximum atomic E-state index is 13.0. The van der Waals surface area contributed by atoms with E-state index in [4.69, 9.17) is 0 Å². The lowest BCUT2D eigenvalue weighted by Crippen LogP contribution is -2.39. The number of carbonyl (C=O) groups excluding carboxylic acids is 1. The molecule has 1 N–H and O–H groups in total. The molecule has 0 spiro atoms. The van der Waals surface area contributed by atoms with Gasteiger partial charge in [-0.25, -0.2) is 4.39 Å². The van der Waals surface area contributed by atoms with Crippen LogP contribution in [0.25, 0.3) is 0 Å². The Morgan fingerprint density at radius 2 is 1.72 bits per heavy atom. The van der Waals surface area contributed by atoms with E-state index in [1.54, 1.807) is 17.0 Å². The highest BCUT2D eigenvalue weighted by molar-refractivity contribution is 5.94. The van der Waals surface area contributed by atoms with Crippen LogP contribution in [0.1, 0.15) is 30.1 Å². The molecule has 0 bridgehead atoms. The molecule has 3 nitrogen and oxygen atoms in total. The fourth-order valence-corrected chi connectivity index (χ4v) is 3.08. The SMILES string of the molecule is O=C(C#Cc1ccccc1)N1CCC(C(O)c2ccc(F)cc2)CC1. The molecule has 1 saturated heterocycles. The van der Waals surface area contributed by atoms with E-state index in [1.165, 1.54) is 12.1 Å². The van der Waals surface area contributed by atoms with Gasteiger partial charge in [0.05, 0.1) is 6.10 Å². The zero-order valence-electron chi connectivity index (χ0n) is 13.9. The fourth-order valence-electron chi connectivity index (χ4n) is 3.08. The van der Waals surface area contributed by atoms with Gasteiger partial charge in [0, 0.05) is 24.6 Å². The van der Waals surface area contributed by atoms with E-state index in [1.807, 2.05) is 30.3 Å². The van der Waals surface area contributed by atoms with Crippen molar-refractivity contribution in [2.75, 3.05) is 13.1 Å². The highest BCUT2D eigenvalue weighted by Crippen LogP contribution is 2.30. The molecule has 2 aromatic carbocycles. The van der Waals surface area contributed by atoms with E-state index in [-0.39, 0.29) is 17.6 Å². The van der Waals surface area contributed by atoms with E-state index in [0.29, 0.717) is 25.9 Å². The number of halogens is 1. The second-order valence-corrected chi connectivity index (χ2v) is 6.24. The molecule has 1 fully saturated rings. The standard InChI is InChI=1S/C21H20FNO2/c22-19-9-7-17(8-10-19)21(25)18-12-14-23(15-13-18)20(24)11-6-16-4-2-1-3-5-16/h1-5,7-10,18,21,25H,12-15H2. The molecule has 2 aromatic rings. The Kier molecular flexibility index (Phi) is 5.47. The Labute approximate surface area is 147 Å². The molecule has 1 atom stereocenters. The molecule has 1 heterocycles. The summed E-state index contributed by atoms with van der Waals surface area (Å²) in [5.41, 5.74) is 1.53. The van der Waals surface area contributed by atoms with Crippen LogP contribution in [0.4, 0.5) is 4.39 Å². The van der Waals surface area contributed by atoms with Crippen LogP contribution in [0.2, 0.25) is 0 Å². The molecule has 1 aliphatic heterocycles. The van der Waals surface area contributed by atoms with E-state index in [0.717, 1.165) is 11.1 Å². The van der Waals surface area contributed by atoms with Crippen molar-refractivity contribution in [3.8, 4) is 11.8 Å². The highest BCUT2D eigenvalue weighted by atomic mass is 19.1. The highest BCUT2D eigenvalue weighted by Gasteiger charge is 2.27. The van der Waals surface area contributed by atoms with E-state index in [2.05, 4.69) is 11.8 Å². The molecule has 128 valence electrons. The summed E-state index contributed by atoms with van der Waals surface area (Å²) < 4.78 is 13.0.